The van der Waals surface area contributed by atoms with Gasteiger partial charge in [0, 0.05) is 38.9 Å². The Bertz CT molecular complexity index is 449. The van der Waals surface area contributed by atoms with Crippen LogP contribution in [0.25, 0.3) is 0 Å². The molecule has 5 nitrogen and oxygen atoms in total. The lowest BCUT2D eigenvalue weighted by Crippen LogP contribution is -2.53. The minimum Gasteiger partial charge on any atom is -0.386 e. The largest absolute Gasteiger partial charge is 0.386 e. The number of carbonyl (C=O) groups excluding carboxylic acids is 1. The maximum atomic E-state index is 12.6. The van der Waals surface area contributed by atoms with Gasteiger partial charge in [-0.05, 0) is 19.5 Å². The molecule has 1 saturated heterocycles. The lowest BCUT2D eigenvalue weighted by atomic mass is 10.1. The predicted molar refractivity (Wildman–Crippen MR) is 76.4 cm³/mol. The van der Waals surface area contributed by atoms with Gasteiger partial charge in [0.2, 0.25) is 0 Å². The number of nitrogens with one attached hydrogen (secondary N) is 1. The summed E-state index contributed by atoms with van der Waals surface area (Å²) in [4.78, 5) is 20.9. The molecule has 2 rings (SSSR count). The number of piperazine rings is 1. The first-order chi connectivity index (χ1) is 9.17. The Kier molecular flexibility index (Phi) is 4.37. The lowest BCUT2D eigenvalue weighted by molar-refractivity contribution is 0.0529. The molecule has 1 fully saturated rings. The van der Waals surface area contributed by atoms with Gasteiger partial charge >= 0.3 is 0 Å². The second kappa shape index (κ2) is 6.02. The zero-order valence-corrected chi connectivity index (χ0v) is 11.9. The summed E-state index contributed by atoms with van der Waals surface area (Å²) in [6.45, 7) is 7.91. The van der Waals surface area contributed by atoms with E-state index in [1.807, 2.05) is 11.9 Å². The van der Waals surface area contributed by atoms with E-state index in [1.165, 1.54) is 0 Å². The van der Waals surface area contributed by atoms with Gasteiger partial charge in [0.25, 0.3) is 5.91 Å². The van der Waals surface area contributed by atoms with Crippen LogP contribution in [0.1, 0.15) is 24.2 Å². The van der Waals surface area contributed by atoms with Gasteiger partial charge in [0.15, 0.2) is 0 Å². The minimum absolute atomic E-state index is 0.0920. The first kappa shape index (κ1) is 13.8. The average Bonchev–Trinajstić information content (AvgIpc) is 2.46. The van der Waals surface area contributed by atoms with Gasteiger partial charge in [-0.3, -0.25) is 14.7 Å². The maximum absolute atomic E-state index is 12.6. The minimum atomic E-state index is 0.0920. The Morgan fingerprint density at radius 1 is 1.53 bits per heavy atom. The quantitative estimate of drug-likeness (QED) is 0.891. The van der Waals surface area contributed by atoms with E-state index in [-0.39, 0.29) is 5.91 Å². The number of aromatic nitrogens is 1. The number of carbonyl (C=O) groups is 1. The summed E-state index contributed by atoms with van der Waals surface area (Å²) < 4.78 is 0. The molecular weight excluding hydrogens is 240 g/mol. The van der Waals surface area contributed by atoms with Gasteiger partial charge in [-0.15, -0.1) is 0 Å². The third-order valence-electron chi connectivity index (χ3n) is 3.78. The van der Waals surface area contributed by atoms with Crippen LogP contribution in [0.4, 0.5) is 5.69 Å². The van der Waals surface area contributed by atoms with Crippen LogP contribution in [0, 0.1) is 0 Å². The van der Waals surface area contributed by atoms with Crippen molar-refractivity contribution in [2.75, 3.05) is 38.5 Å². The fourth-order valence-electron chi connectivity index (χ4n) is 2.60. The van der Waals surface area contributed by atoms with Gasteiger partial charge in [0.05, 0.1) is 17.4 Å². The van der Waals surface area contributed by atoms with Crippen LogP contribution < -0.4 is 5.32 Å². The highest BCUT2D eigenvalue weighted by Gasteiger charge is 2.27. The number of hydrogen-bond donors (Lipinski definition) is 1. The third kappa shape index (κ3) is 2.87. The highest BCUT2D eigenvalue weighted by atomic mass is 16.2. The molecule has 0 saturated carbocycles. The number of amides is 1. The summed E-state index contributed by atoms with van der Waals surface area (Å²) in [6, 6.07) is 2.20. The molecular formula is C14H22N4O. The van der Waals surface area contributed by atoms with E-state index in [0.29, 0.717) is 11.6 Å². The molecule has 1 aliphatic heterocycles. The fourth-order valence-corrected chi connectivity index (χ4v) is 2.60. The van der Waals surface area contributed by atoms with E-state index in [0.717, 1.165) is 31.9 Å². The summed E-state index contributed by atoms with van der Waals surface area (Å²) in [5.74, 6) is 0.0920. The summed E-state index contributed by atoms with van der Waals surface area (Å²) in [5, 5.41) is 3.03. The Morgan fingerprint density at radius 2 is 2.32 bits per heavy atom. The molecule has 104 valence electrons. The Labute approximate surface area is 114 Å². The van der Waals surface area contributed by atoms with E-state index in [4.69, 9.17) is 0 Å². The van der Waals surface area contributed by atoms with Crippen LogP contribution in [0.5, 0.6) is 0 Å². The molecule has 0 aliphatic carbocycles. The van der Waals surface area contributed by atoms with Crippen LogP contribution in [-0.4, -0.2) is 60.0 Å². The molecule has 19 heavy (non-hydrogen) atoms. The summed E-state index contributed by atoms with van der Waals surface area (Å²) in [7, 11) is 1.81. The Balaban J connectivity index is 2.12. The molecule has 1 aliphatic rings. The SMILES string of the molecule is CCN1CCN(C(=O)c2ccncc2NC)CC1C. The smallest absolute Gasteiger partial charge is 0.256 e. The lowest BCUT2D eigenvalue weighted by Gasteiger charge is -2.39. The molecule has 1 N–H and O–H groups in total. The van der Waals surface area contributed by atoms with E-state index in [2.05, 4.69) is 29.0 Å². The van der Waals surface area contributed by atoms with Crippen molar-refractivity contribution in [3.05, 3.63) is 24.0 Å². The molecule has 0 aromatic carbocycles. The van der Waals surface area contributed by atoms with Gasteiger partial charge in [0.1, 0.15) is 0 Å². The number of rotatable bonds is 3. The van der Waals surface area contributed by atoms with E-state index >= 15 is 0 Å². The topological polar surface area (TPSA) is 48.5 Å². The zero-order valence-electron chi connectivity index (χ0n) is 11.9. The first-order valence-corrected chi connectivity index (χ1v) is 6.82. The number of nitrogens with zero attached hydrogens (tertiary/aromatic N) is 3. The van der Waals surface area contributed by atoms with E-state index in [1.54, 1.807) is 18.5 Å². The number of pyridine rings is 1. The summed E-state index contributed by atoms with van der Waals surface area (Å²) in [6.07, 6.45) is 3.36. The Hall–Kier alpha value is -1.62. The van der Waals surface area contributed by atoms with Crippen molar-refractivity contribution in [2.24, 2.45) is 0 Å². The molecule has 2 heterocycles. The van der Waals surface area contributed by atoms with Gasteiger partial charge < -0.3 is 10.2 Å². The van der Waals surface area contributed by atoms with Crippen molar-refractivity contribution in [3.63, 3.8) is 0 Å². The van der Waals surface area contributed by atoms with Crippen molar-refractivity contribution < 1.29 is 4.79 Å². The first-order valence-electron chi connectivity index (χ1n) is 6.82. The molecule has 0 spiro atoms. The van der Waals surface area contributed by atoms with Crippen molar-refractivity contribution in [1.82, 2.24) is 14.8 Å². The highest BCUT2D eigenvalue weighted by molar-refractivity contribution is 5.99. The van der Waals surface area contributed by atoms with E-state index < -0.39 is 0 Å². The van der Waals surface area contributed by atoms with Crippen molar-refractivity contribution in [3.8, 4) is 0 Å². The standard InChI is InChI=1S/C14H22N4O/c1-4-17-7-8-18(10-11(17)2)14(19)12-5-6-16-9-13(12)15-3/h5-6,9,11,15H,4,7-8,10H2,1-3H3. The van der Waals surface area contributed by atoms with Gasteiger partial charge in [-0.1, -0.05) is 6.92 Å². The van der Waals surface area contributed by atoms with Crippen molar-refractivity contribution >= 4 is 11.6 Å². The molecule has 1 amide bonds. The molecule has 5 heteroatoms. The number of anilines is 1. The van der Waals surface area contributed by atoms with Crippen LogP contribution in [-0.2, 0) is 0 Å². The van der Waals surface area contributed by atoms with Gasteiger partial charge in [-0.25, -0.2) is 0 Å². The molecule has 1 aromatic heterocycles. The van der Waals surface area contributed by atoms with Crippen LogP contribution in [0.15, 0.2) is 18.5 Å². The summed E-state index contributed by atoms with van der Waals surface area (Å²) in [5.41, 5.74) is 1.49. The van der Waals surface area contributed by atoms with Crippen LogP contribution in [0.2, 0.25) is 0 Å². The molecule has 1 unspecified atom stereocenters. The maximum Gasteiger partial charge on any atom is 0.256 e. The second-order valence-corrected chi connectivity index (χ2v) is 4.90. The van der Waals surface area contributed by atoms with Gasteiger partial charge in [-0.2, -0.15) is 0 Å². The fraction of sp³-hybridized carbons (Fsp3) is 0.571. The normalized spacial score (nSPS) is 20.4. The van der Waals surface area contributed by atoms with Crippen LogP contribution >= 0.6 is 0 Å². The molecule has 1 aromatic rings. The predicted octanol–water partition coefficient (Wildman–Crippen LogP) is 1.29. The Morgan fingerprint density at radius 3 is 2.95 bits per heavy atom. The summed E-state index contributed by atoms with van der Waals surface area (Å²) >= 11 is 0. The van der Waals surface area contributed by atoms with Crippen LogP contribution in [0.3, 0.4) is 0 Å². The zero-order chi connectivity index (χ0) is 13.8. The number of hydrogen-bond acceptors (Lipinski definition) is 4. The number of likely N-dealkylation sites (N-methyl/N-ethyl adjacent to an activating group) is 1. The monoisotopic (exact) mass is 262 g/mol. The molecule has 1 atom stereocenters. The average molecular weight is 262 g/mol. The molecule has 0 bridgehead atoms. The highest BCUT2D eigenvalue weighted by Crippen LogP contribution is 2.18. The third-order valence-corrected chi connectivity index (χ3v) is 3.78. The van der Waals surface area contributed by atoms with Crippen molar-refractivity contribution in [2.45, 2.75) is 19.9 Å². The molecule has 0 radical (unpaired) electrons. The van der Waals surface area contributed by atoms with Crippen molar-refractivity contribution in [1.29, 1.82) is 0 Å². The van der Waals surface area contributed by atoms with E-state index in [9.17, 15) is 4.79 Å². The second-order valence-electron chi connectivity index (χ2n) is 4.90.